The summed E-state index contributed by atoms with van der Waals surface area (Å²) < 4.78 is 18.6. The number of piperidine rings is 1. The van der Waals surface area contributed by atoms with E-state index < -0.39 is 24.3 Å². The average Bonchev–Trinajstić information content (AvgIpc) is 2.67. The molecule has 0 spiro atoms. The number of benzene rings is 2. The number of anilines is 2. The number of carbonyl (C=O) groups excluding carboxylic acids is 2. The lowest BCUT2D eigenvalue weighted by Crippen LogP contribution is -2.32. The van der Waals surface area contributed by atoms with Crippen LogP contribution in [0, 0.1) is 11.7 Å². The van der Waals surface area contributed by atoms with E-state index in [4.69, 9.17) is 16.3 Å². The maximum Gasteiger partial charge on any atom is 0.343 e. The number of esters is 1. The lowest BCUT2D eigenvalue weighted by atomic mass is 9.99. The van der Waals surface area contributed by atoms with E-state index in [2.05, 4.69) is 17.1 Å². The number of hydrogen-bond acceptors (Lipinski definition) is 4. The van der Waals surface area contributed by atoms with Crippen molar-refractivity contribution >= 4 is 34.9 Å². The predicted molar refractivity (Wildman–Crippen MR) is 107 cm³/mol. The Morgan fingerprint density at radius 1 is 1.18 bits per heavy atom. The molecule has 2 aromatic rings. The smallest absolute Gasteiger partial charge is 0.343 e. The van der Waals surface area contributed by atoms with E-state index in [9.17, 15) is 14.0 Å². The summed E-state index contributed by atoms with van der Waals surface area (Å²) in [6, 6.07) is 11.4. The van der Waals surface area contributed by atoms with Crippen LogP contribution in [-0.4, -0.2) is 31.6 Å². The summed E-state index contributed by atoms with van der Waals surface area (Å²) in [5, 5.41) is 2.59. The van der Waals surface area contributed by atoms with Crippen molar-refractivity contribution in [1.82, 2.24) is 0 Å². The van der Waals surface area contributed by atoms with Gasteiger partial charge in [-0.15, -0.1) is 0 Å². The van der Waals surface area contributed by atoms with Gasteiger partial charge in [0.25, 0.3) is 5.91 Å². The van der Waals surface area contributed by atoms with Crippen molar-refractivity contribution in [1.29, 1.82) is 0 Å². The van der Waals surface area contributed by atoms with Gasteiger partial charge in [-0.2, -0.15) is 0 Å². The van der Waals surface area contributed by atoms with Crippen molar-refractivity contribution in [3.8, 4) is 0 Å². The van der Waals surface area contributed by atoms with Gasteiger partial charge >= 0.3 is 5.97 Å². The second kappa shape index (κ2) is 9.06. The zero-order chi connectivity index (χ0) is 20.1. The fourth-order valence-corrected chi connectivity index (χ4v) is 3.36. The van der Waals surface area contributed by atoms with E-state index in [1.807, 2.05) is 12.1 Å². The molecule has 0 bridgehead atoms. The zero-order valence-electron chi connectivity index (χ0n) is 15.6. The van der Waals surface area contributed by atoms with Crippen LogP contribution in [0.15, 0.2) is 42.5 Å². The largest absolute Gasteiger partial charge is 0.452 e. The quantitative estimate of drug-likeness (QED) is 0.745. The molecule has 1 amide bonds. The van der Waals surface area contributed by atoms with Crippen molar-refractivity contribution < 1.29 is 18.7 Å². The highest BCUT2D eigenvalue weighted by Gasteiger charge is 2.19. The highest BCUT2D eigenvalue weighted by atomic mass is 35.5. The predicted octanol–water partition coefficient (Wildman–Crippen LogP) is 4.51. The summed E-state index contributed by atoms with van der Waals surface area (Å²) in [6.07, 6.45) is 2.35. The number of amides is 1. The van der Waals surface area contributed by atoms with Crippen LogP contribution in [0.4, 0.5) is 15.8 Å². The van der Waals surface area contributed by atoms with Crippen LogP contribution in [0.25, 0.3) is 0 Å². The molecule has 0 aliphatic carbocycles. The van der Waals surface area contributed by atoms with Gasteiger partial charge in [-0.05, 0) is 55.2 Å². The molecular formula is C21H22ClFN2O3. The van der Waals surface area contributed by atoms with Gasteiger partial charge in [-0.3, -0.25) is 4.79 Å². The number of ether oxygens (including phenoxy) is 1. The van der Waals surface area contributed by atoms with E-state index in [-0.39, 0.29) is 10.6 Å². The first-order valence-electron chi connectivity index (χ1n) is 9.20. The molecule has 1 N–H and O–H groups in total. The molecule has 0 unspecified atom stereocenters. The maximum atomic E-state index is 13.7. The number of nitrogens with zero attached hydrogens (tertiary/aromatic N) is 1. The first kappa shape index (κ1) is 20.1. The number of nitrogens with one attached hydrogen (secondary N) is 1. The molecule has 5 nitrogen and oxygen atoms in total. The SMILES string of the molecule is CC1CCN(c2ccc(NC(=O)COC(=O)c3c(F)cccc3Cl)cc2)CC1. The normalized spacial score (nSPS) is 14.6. The van der Waals surface area contributed by atoms with Gasteiger partial charge in [-0.1, -0.05) is 24.6 Å². The summed E-state index contributed by atoms with van der Waals surface area (Å²) in [4.78, 5) is 26.3. The minimum atomic E-state index is -0.979. The number of rotatable bonds is 5. The summed E-state index contributed by atoms with van der Waals surface area (Å²) in [5.41, 5.74) is 1.33. The van der Waals surface area contributed by atoms with E-state index in [1.165, 1.54) is 25.0 Å². The molecule has 0 saturated carbocycles. The third-order valence-corrected chi connectivity index (χ3v) is 5.12. The van der Waals surface area contributed by atoms with Gasteiger partial charge in [0.15, 0.2) is 6.61 Å². The van der Waals surface area contributed by atoms with Crippen molar-refractivity contribution in [2.45, 2.75) is 19.8 Å². The minimum Gasteiger partial charge on any atom is -0.452 e. The molecule has 2 aromatic carbocycles. The molecule has 0 atom stereocenters. The van der Waals surface area contributed by atoms with Crippen LogP contribution in [0.3, 0.4) is 0 Å². The Kier molecular flexibility index (Phi) is 6.52. The van der Waals surface area contributed by atoms with E-state index in [0.29, 0.717) is 5.69 Å². The lowest BCUT2D eigenvalue weighted by molar-refractivity contribution is -0.119. The monoisotopic (exact) mass is 404 g/mol. The molecule has 1 saturated heterocycles. The number of hydrogen-bond donors (Lipinski definition) is 1. The molecule has 1 aliphatic rings. The van der Waals surface area contributed by atoms with Gasteiger partial charge in [-0.25, -0.2) is 9.18 Å². The first-order valence-corrected chi connectivity index (χ1v) is 9.58. The van der Waals surface area contributed by atoms with Gasteiger partial charge in [0.05, 0.1) is 5.02 Å². The van der Waals surface area contributed by atoms with Crippen molar-refractivity contribution in [3.05, 3.63) is 58.9 Å². The fourth-order valence-electron chi connectivity index (χ4n) is 3.12. The molecule has 1 aliphatic heterocycles. The molecule has 3 rings (SSSR count). The van der Waals surface area contributed by atoms with Crippen molar-refractivity contribution in [2.24, 2.45) is 5.92 Å². The van der Waals surface area contributed by atoms with Crippen molar-refractivity contribution in [3.63, 3.8) is 0 Å². The Labute approximate surface area is 168 Å². The molecule has 1 heterocycles. The van der Waals surface area contributed by atoms with Crippen LogP contribution in [0.2, 0.25) is 5.02 Å². The third-order valence-electron chi connectivity index (χ3n) is 4.80. The standard InChI is InChI=1S/C21H22ClFN2O3/c1-14-9-11-25(12-10-14)16-7-5-15(6-8-16)24-19(26)13-28-21(27)20-17(22)3-2-4-18(20)23/h2-8,14H,9-13H2,1H3,(H,24,26). The molecule has 0 aromatic heterocycles. The molecular weight excluding hydrogens is 383 g/mol. The second-order valence-electron chi connectivity index (χ2n) is 6.94. The molecule has 7 heteroatoms. The Bertz CT molecular complexity index is 829. The summed E-state index contributed by atoms with van der Waals surface area (Å²) in [7, 11) is 0. The first-order chi connectivity index (χ1) is 13.4. The third kappa shape index (κ3) is 5.01. The molecule has 1 fully saturated rings. The highest BCUT2D eigenvalue weighted by molar-refractivity contribution is 6.33. The topological polar surface area (TPSA) is 58.6 Å². The second-order valence-corrected chi connectivity index (χ2v) is 7.34. The Morgan fingerprint density at radius 3 is 2.50 bits per heavy atom. The Balaban J connectivity index is 1.51. The van der Waals surface area contributed by atoms with Crippen molar-refractivity contribution in [2.75, 3.05) is 29.9 Å². The van der Waals surface area contributed by atoms with Crippen LogP contribution in [0.1, 0.15) is 30.1 Å². The fraction of sp³-hybridized carbons (Fsp3) is 0.333. The zero-order valence-corrected chi connectivity index (χ0v) is 16.3. The van der Waals surface area contributed by atoms with Gasteiger partial charge in [0.2, 0.25) is 0 Å². The summed E-state index contributed by atoms with van der Waals surface area (Å²) >= 11 is 5.81. The van der Waals surface area contributed by atoms with Gasteiger partial charge in [0.1, 0.15) is 11.4 Å². The lowest BCUT2D eigenvalue weighted by Gasteiger charge is -2.32. The number of halogens is 2. The maximum absolute atomic E-state index is 13.7. The highest BCUT2D eigenvalue weighted by Crippen LogP contribution is 2.24. The molecule has 148 valence electrons. The summed E-state index contributed by atoms with van der Waals surface area (Å²) in [5.74, 6) is -1.52. The Hall–Kier alpha value is -2.60. The average molecular weight is 405 g/mol. The molecule has 0 radical (unpaired) electrons. The Morgan fingerprint density at radius 2 is 1.86 bits per heavy atom. The van der Waals surface area contributed by atoms with Crippen LogP contribution < -0.4 is 10.2 Å². The van der Waals surface area contributed by atoms with E-state index in [0.717, 1.165) is 30.8 Å². The van der Waals surface area contributed by atoms with Gasteiger partial charge in [0, 0.05) is 24.5 Å². The van der Waals surface area contributed by atoms with Crippen LogP contribution in [0.5, 0.6) is 0 Å². The van der Waals surface area contributed by atoms with Gasteiger partial charge < -0.3 is 15.0 Å². The number of carbonyl (C=O) groups is 2. The molecule has 28 heavy (non-hydrogen) atoms. The summed E-state index contributed by atoms with van der Waals surface area (Å²) in [6.45, 7) is 3.79. The van der Waals surface area contributed by atoms with E-state index in [1.54, 1.807) is 12.1 Å². The van der Waals surface area contributed by atoms with Crippen LogP contribution >= 0.6 is 11.6 Å². The van der Waals surface area contributed by atoms with Crippen LogP contribution in [-0.2, 0) is 9.53 Å². The minimum absolute atomic E-state index is 0.0619. The van der Waals surface area contributed by atoms with E-state index >= 15 is 0 Å².